The van der Waals surface area contributed by atoms with Crippen molar-refractivity contribution in [1.29, 1.82) is 0 Å². The minimum absolute atomic E-state index is 0.153. The number of hydrogen-bond donors (Lipinski definition) is 3. The molecule has 4 aromatic rings. The Morgan fingerprint density at radius 2 is 1.62 bits per heavy atom. The second kappa shape index (κ2) is 9.88. The molecule has 0 aliphatic carbocycles. The fraction of sp³-hybridized carbons (Fsp3) is 0.133. The summed E-state index contributed by atoms with van der Waals surface area (Å²) in [6.07, 6.45) is 0. The number of carbonyl (C=O) groups is 2. The Labute approximate surface area is 225 Å². The van der Waals surface area contributed by atoms with E-state index in [1.807, 2.05) is 75.4 Å². The van der Waals surface area contributed by atoms with Crippen LogP contribution in [0.4, 0.5) is 16.4 Å². The Kier molecular flexibility index (Phi) is 6.63. The molecule has 4 N–H and O–H groups in total. The molecule has 0 bridgehead atoms. The maximum atomic E-state index is 13.8. The van der Waals surface area contributed by atoms with E-state index < -0.39 is 5.92 Å². The first-order chi connectivity index (χ1) is 17.8. The maximum absolute atomic E-state index is 13.8. The Morgan fingerprint density at radius 1 is 0.946 bits per heavy atom. The molecular formula is C30H26ClN3O2S. The molecule has 0 saturated heterocycles. The number of hydrogen-bond acceptors (Lipinski definition) is 5. The summed E-state index contributed by atoms with van der Waals surface area (Å²) in [5, 5.41) is 7.66. The number of para-hydroxylation sites is 1. The predicted octanol–water partition coefficient (Wildman–Crippen LogP) is 7.30. The van der Waals surface area contributed by atoms with E-state index in [4.69, 9.17) is 17.3 Å². The number of halogens is 1. The minimum atomic E-state index is -0.551. The van der Waals surface area contributed by atoms with Crippen LogP contribution in [-0.4, -0.2) is 11.7 Å². The first kappa shape index (κ1) is 24.8. The molecule has 0 spiro atoms. The molecule has 0 radical (unpaired) electrons. The second-order valence-electron chi connectivity index (χ2n) is 9.17. The predicted molar refractivity (Wildman–Crippen MR) is 153 cm³/mol. The van der Waals surface area contributed by atoms with Crippen LogP contribution in [0.2, 0.25) is 5.02 Å². The van der Waals surface area contributed by atoms with Crippen LogP contribution in [0.3, 0.4) is 0 Å². The van der Waals surface area contributed by atoms with E-state index in [9.17, 15) is 9.59 Å². The highest BCUT2D eigenvalue weighted by Crippen LogP contribution is 2.51. The summed E-state index contributed by atoms with van der Waals surface area (Å²) in [4.78, 5) is 27.7. The number of aryl methyl sites for hydroxylation is 2. The fourth-order valence-corrected chi connectivity index (χ4v) is 6.08. The number of ketones is 1. The highest BCUT2D eigenvalue weighted by Gasteiger charge is 2.38. The lowest BCUT2D eigenvalue weighted by Gasteiger charge is -2.29. The quantitative estimate of drug-likeness (QED) is 0.238. The number of nitrogen functional groups attached to an aromatic ring is 1. The van der Waals surface area contributed by atoms with Gasteiger partial charge in [-0.1, -0.05) is 77.8 Å². The average molecular weight is 528 g/mol. The lowest BCUT2D eigenvalue weighted by molar-refractivity contribution is -0.113. The third kappa shape index (κ3) is 4.54. The second-order valence-corrected chi connectivity index (χ2v) is 10.6. The third-order valence-corrected chi connectivity index (χ3v) is 8.12. The molecule has 0 saturated carbocycles. The van der Waals surface area contributed by atoms with E-state index in [0.29, 0.717) is 38.0 Å². The summed E-state index contributed by atoms with van der Waals surface area (Å²) < 4.78 is 0. The summed E-state index contributed by atoms with van der Waals surface area (Å²) in [7, 11) is 0. The third-order valence-electron chi connectivity index (χ3n) is 6.64. The lowest BCUT2D eigenvalue weighted by Crippen LogP contribution is -2.27. The van der Waals surface area contributed by atoms with E-state index in [0.717, 1.165) is 27.4 Å². The number of thiophene rings is 1. The summed E-state index contributed by atoms with van der Waals surface area (Å²) in [5.41, 5.74) is 13.0. The van der Waals surface area contributed by atoms with Crippen molar-refractivity contribution in [3.8, 4) is 0 Å². The van der Waals surface area contributed by atoms with Gasteiger partial charge in [0.1, 0.15) is 4.88 Å². The van der Waals surface area contributed by atoms with Gasteiger partial charge in [0.15, 0.2) is 0 Å². The largest absolute Gasteiger partial charge is 0.397 e. The SMILES string of the molecule is CC1=C(C(=O)Nc2ccccc2C)[C@@H](c2ccccc2Cl)c2c(sc(C(=O)c3ccc(C)cc3)c2N)N1. The van der Waals surface area contributed by atoms with Gasteiger partial charge in [0, 0.05) is 39.0 Å². The molecule has 1 aliphatic heterocycles. The molecule has 5 nitrogen and oxygen atoms in total. The highest BCUT2D eigenvalue weighted by atomic mass is 35.5. The molecular weight excluding hydrogens is 502 g/mol. The molecule has 1 atom stereocenters. The van der Waals surface area contributed by atoms with Gasteiger partial charge in [-0.25, -0.2) is 0 Å². The minimum Gasteiger partial charge on any atom is -0.397 e. The van der Waals surface area contributed by atoms with Crippen molar-refractivity contribution in [2.45, 2.75) is 26.7 Å². The molecule has 1 amide bonds. The smallest absolute Gasteiger partial charge is 0.254 e. The molecule has 3 aromatic carbocycles. The number of benzene rings is 3. The molecule has 0 unspecified atom stereocenters. The maximum Gasteiger partial charge on any atom is 0.254 e. The molecule has 186 valence electrons. The van der Waals surface area contributed by atoms with E-state index in [1.54, 1.807) is 18.2 Å². The van der Waals surface area contributed by atoms with Crippen molar-refractivity contribution < 1.29 is 9.59 Å². The molecule has 5 rings (SSSR count). The average Bonchev–Trinajstić information content (AvgIpc) is 3.20. The number of rotatable bonds is 5. The zero-order valence-corrected chi connectivity index (χ0v) is 22.3. The van der Waals surface area contributed by atoms with E-state index in [-0.39, 0.29) is 11.7 Å². The standard InChI is InChI=1S/C30H26ClN3O2S/c1-16-12-14-19(15-13-16)27(35)28-26(32)25-24(20-9-5-6-10-21(20)31)23(18(3)33-30(25)37-28)29(36)34-22-11-7-4-8-17(22)2/h4-15,24,33H,32H2,1-3H3,(H,34,36)/t24-/m1/s1. The molecule has 1 aromatic heterocycles. The van der Waals surface area contributed by atoms with Crippen molar-refractivity contribution >= 4 is 51.0 Å². The van der Waals surface area contributed by atoms with E-state index >= 15 is 0 Å². The zero-order chi connectivity index (χ0) is 26.3. The molecule has 37 heavy (non-hydrogen) atoms. The molecule has 7 heteroatoms. The van der Waals surface area contributed by atoms with Gasteiger partial charge in [0.05, 0.1) is 10.7 Å². The van der Waals surface area contributed by atoms with Gasteiger partial charge < -0.3 is 16.4 Å². The molecule has 1 aliphatic rings. The van der Waals surface area contributed by atoms with Crippen LogP contribution < -0.4 is 16.4 Å². The van der Waals surface area contributed by atoms with Gasteiger partial charge in [-0.15, -0.1) is 11.3 Å². The van der Waals surface area contributed by atoms with Gasteiger partial charge in [0.25, 0.3) is 5.91 Å². The number of allylic oxidation sites excluding steroid dienone is 1. The number of anilines is 3. The normalized spacial score (nSPS) is 14.6. The van der Waals surface area contributed by atoms with E-state index in [2.05, 4.69) is 10.6 Å². The van der Waals surface area contributed by atoms with Crippen LogP contribution in [-0.2, 0) is 4.79 Å². The first-order valence-electron chi connectivity index (χ1n) is 11.9. The van der Waals surface area contributed by atoms with Crippen LogP contribution in [0.5, 0.6) is 0 Å². The van der Waals surface area contributed by atoms with Gasteiger partial charge in [0.2, 0.25) is 5.78 Å². The van der Waals surface area contributed by atoms with Crippen LogP contribution in [0.15, 0.2) is 84.1 Å². The van der Waals surface area contributed by atoms with Gasteiger partial charge in [-0.2, -0.15) is 0 Å². The fourth-order valence-electron chi connectivity index (χ4n) is 4.66. The number of nitrogens with two attached hydrogens (primary N) is 1. The summed E-state index contributed by atoms with van der Waals surface area (Å²) >= 11 is 7.98. The Balaban J connectivity index is 1.64. The van der Waals surface area contributed by atoms with Crippen molar-refractivity contribution in [1.82, 2.24) is 0 Å². The van der Waals surface area contributed by atoms with Gasteiger partial charge >= 0.3 is 0 Å². The van der Waals surface area contributed by atoms with E-state index in [1.165, 1.54) is 11.3 Å². The van der Waals surface area contributed by atoms with Crippen LogP contribution in [0.25, 0.3) is 0 Å². The molecule has 0 fully saturated rings. The number of fused-ring (bicyclic) bond motifs is 1. The zero-order valence-electron chi connectivity index (χ0n) is 20.7. The monoisotopic (exact) mass is 527 g/mol. The number of carbonyl (C=O) groups excluding carboxylic acids is 2. The Morgan fingerprint density at radius 3 is 2.32 bits per heavy atom. The van der Waals surface area contributed by atoms with Crippen molar-refractivity contribution in [3.05, 3.63) is 122 Å². The lowest BCUT2D eigenvalue weighted by atomic mass is 9.81. The van der Waals surface area contributed by atoms with Crippen molar-refractivity contribution in [2.24, 2.45) is 0 Å². The molecule has 2 heterocycles. The van der Waals surface area contributed by atoms with Crippen LogP contribution in [0.1, 0.15) is 50.3 Å². The topological polar surface area (TPSA) is 84.2 Å². The van der Waals surface area contributed by atoms with Gasteiger partial charge in [-0.05, 0) is 44.0 Å². The summed E-state index contributed by atoms with van der Waals surface area (Å²) in [5.74, 6) is -0.961. The van der Waals surface area contributed by atoms with Crippen LogP contribution >= 0.6 is 22.9 Å². The summed E-state index contributed by atoms with van der Waals surface area (Å²) in [6.45, 7) is 5.78. The highest BCUT2D eigenvalue weighted by molar-refractivity contribution is 7.19. The number of amides is 1. The summed E-state index contributed by atoms with van der Waals surface area (Å²) in [6, 6.07) is 22.5. The first-order valence-corrected chi connectivity index (χ1v) is 13.1. The van der Waals surface area contributed by atoms with Crippen molar-refractivity contribution in [2.75, 3.05) is 16.4 Å². The van der Waals surface area contributed by atoms with Gasteiger partial charge in [-0.3, -0.25) is 9.59 Å². The number of nitrogens with one attached hydrogen (secondary N) is 2. The van der Waals surface area contributed by atoms with Crippen LogP contribution in [0, 0.1) is 13.8 Å². The van der Waals surface area contributed by atoms with Crippen molar-refractivity contribution in [3.63, 3.8) is 0 Å². The Bertz CT molecular complexity index is 1570. The Hall–Kier alpha value is -3.87.